The molecular formula is C21H15F3N2O3S. The van der Waals surface area contributed by atoms with Gasteiger partial charge in [-0.05, 0) is 36.4 Å². The molecular weight excluding hydrogens is 417 g/mol. The van der Waals surface area contributed by atoms with E-state index in [4.69, 9.17) is 0 Å². The SMILES string of the molecule is O=C(CN1c2ccccc2S(=O)(=O)c2ccccc21)Nc1ccccc1C(F)(F)F. The minimum atomic E-state index is -4.62. The van der Waals surface area contributed by atoms with Crippen LogP contribution in [0, 0.1) is 0 Å². The fraction of sp³-hybridized carbons (Fsp3) is 0.0952. The normalized spacial score (nSPS) is 14.6. The van der Waals surface area contributed by atoms with E-state index in [9.17, 15) is 26.4 Å². The first-order valence-electron chi connectivity index (χ1n) is 8.86. The van der Waals surface area contributed by atoms with Crippen LogP contribution in [0.4, 0.5) is 30.2 Å². The van der Waals surface area contributed by atoms with Gasteiger partial charge < -0.3 is 10.2 Å². The Hall–Kier alpha value is -3.33. The second-order valence-electron chi connectivity index (χ2n) is 6.62. The summed E-state index contributed by atoms with van der Waals surface area (Å²) in [7, 11) is -3.78. The molecule has 1 N–H and O–H groups in total. The zero-order valence-corrected chi connectivity index (χ0v) is 16.2. The van der Waals surface area contributed by atoms with Crippen LogP contribution in [-0.4, -0.2) is 20.9 Å². The smallest absolute Gasteiger partial charge is 0.330 e. The van der Waals surface area contributed by atoms with E-state index in [1.807, 2.05) is 0 Å². The molecule has 0 aromatic heterocycles. The molecule has 0 unspecified atom stereocenters. The highest BCUT2D eigenvalue weighted by molar-refractivity contribution is 7.92. The molecule has 1 aliphatic heterocycles. The molecule has 1 heterocycles. The van der Waals surface area contributed by atoms with Crippen molar-refractivity contribution < 1.29 is 26.4 Å². The number of fused-ring (bicyclic) bond motifs is 2. The van der Waals surface area contributed by atoms with E-state index in [1.54, 1.807) is 36.4 Å². The minimum Gasteiger partial charge on any atom is -0.330 e. The highest BCUT2D eigenvalue weighted by Crippen LogP contribution is 2.43. The maximum Gasteiger partial charge on any atom is 0.418 e. The molecule has 0 bridgehead atoms. The third-order valence-electron chi connectivity index (χ3n) is 4.70. The number of rotatable bonds is 3. The van der Waals surface area contributed by atoms with Crippen LogP contribution >= 0.6 is 0 Å². The van der Waals surface area contributed by atoms with Gasteiger partial charge in [-0.3, -0.25) is 4.79 Å². The Kier molecular flexibility index (Phi) is 4.77. The number of hydrogen-bond donors (Lipinski definition) is 1. The van der Waals surface area contributed by atoms with Crippen molar-refractivity contribution in [3.63, 3.8) is 0 Å². The molecule has 4 rings (SSSR count). The number of halogens is 3. The van der Waals surface area contributed by atoms with Crippen molar-refractivity contribution in [2.24, 2.45) is 0 Å². The van der Waals surface area contributed by atoms with Gasteiger partial charge in [-0.2, -0.15) is 13.2 Å². The number of anilines is 3. The van der Waals surface area contributed by atoms with Gasteiger partial charge in [-0.15, -0.1) is 0 Å². The Morgan fingerprint density at radius 1 is 0.833 bits per heavy atom. The fourth-order valence-electron chi connectivity index (χ4n) is 3.41. The van der Waals surface area contributed by atoms with Crippen LogP contribution in [0.5, 0.6) is 0 Å². The summed E-state index contributed by atoms with van der Waals surface area (Å²) in [6, 6.07) is 17.1. The average molecular weight is 432 g/mol. The molecule has 3 aromatic carbocycles. The Morgan fingerprint density at radius 3 is 1.90 bits per heavy atom. The number of sulfone groups is 1. The van der Waals surface area contributed by atoms with Crippen molar-refractivity contribution in [2.45, 2.75) is 16.0 Å². The monoisotopic (exact) mass is 432 g/mol. The van der Waals surface area contributed by atoms with E-state index in [0.717, 1.165) is 6.07 Å². The van der Waals surface area contributed by atoms with E-state index in [1.165, 1.54) is 35.2 Å². The van der Waals surface area contributed by atoms with Crippen LogP contribution in [0.25, 0.3) is 0 Å². The predicted molar refractivity (Wildman–Crippen MR) is 105 cm³/mol. The maximum atomic E-state index is 13.2. The number of nitrogens with zero attached hydrogens (tertiary/aromatic N) is 1. The van der Waals surface area contributed by atoms with Crippen LogP contribution in [-0.2, 0) is 20.8 Å². The first-order chi connectivity index (χ1) is 14.2. The lowest BCUT2D eigenvalue weighted by atomic mass is 10.1. The van der Waals surface area contributed by atoms with Gasteiger partial charge in [0.05, 0.1) is 32.4 Å². The lowest BCUT2D eigenvalue weighted by Gasteiger charge is -2.32. The summed E-state index contributed by atoms with van der Waals surface area (Å²) in [4.78, 5) is 14.2. The molecule has 1 aliphatic rings. The van der Waals surface area contributed by atoms with Crippen molar-refractivity contribution >= 4 is 32.8 Å². The molecule has 0 fully saturated rings. The Bertz CT molecular complexity index is 1190. The third-order valence-corrected chi connectivity index (χ3v) is 6.55. The van der Waals surface area contributed by atoms with Crippen molar-refractivity contribution in [1.29, 1.82) is 0 Å². The molecule has 3 aromatic rings. The molecule has 0 atom stereocenters. The van der Waals surface area contributed by atoms with Crippen LogP contribution < -0.4 is 10.2 Å². The van der Waals surface area contributed by atoms with Gasteiger partial charge in [0.15, 0.2) is 0 Å². The van der Waals surface area contributed by atoms with E-state index >= 15 is 0 Å². The van der Waals surface area contributed by atoms with Gasteiger partial charge in [0.1, 0.15) is 6.54 Å². The van der Waals surface area contributed by atoms with Crippen molar-refractivity contribution in [3.05, 3.63) is 78.4 Å². The van der Waals surface area contributed by atoms with E-state index in [-0.39, 0.29) is 33.4 Å². The fourth-order valence-corrected chi connectivity index (χ4v) is 5.07. The highest BCUT2D eigenvalue weighted by atomic mass is 32.2. The van der Waals surface area contributed by atoms with Gasteiger partial charge in [-0.25, -0.2) is 8.42 Å². The lowest BCUT2D eigenvalue weighted by molar-refractivity contribution is -0.137. The molecule has 154 valence electrons. The summed E-state index contributed by atoms with van der Waals surface area (Å²) in [6.45, 7) is -0.365. The van der Waals surface area contributed by atoms with Crippen molar-refractivity contribution in [2.75, 3.05) is 16.8 Å². The molecule has 0 saturated carbocycles. The summed E-state index contributed by atoms with van der Waals surface area (Å²) in [5.41, 5.74) is -0.743. The standard InChI is InChI=1S/C21H15F3N2O3S/c22-21(23,24)14-7-1-2-8-15(14)25-20(27)13-26-16-9-3-5-11-18(16)30(28,29)19-12-6-4-10-17(19)26/h1-12H,13H2,(H,25,27). The van der Waals surface area contributed by atoms with Crippen LogP contribution in [0.15, 0.2) is 82.6 Å². The average Bonchev–Trinajstić information content (AvgIpc) is 2.71. The van der Waals surface area contributed by atoms with Gasteiger partial charge in [0.2, 0.25) is 15.7 Å². The van der Waals surface area contributed by atoms with Crippen molar-refractivity contribution in [3.8, 4) is 0 Å². The number of hydrogen-bond acceptors (Lipinski definition) is 4. The Balaban J connectivity index is 1.71. The highest BCUT2D eigenvalue weighted by Gasteiger charge is 2.36. The lowest BCUT2D eigenvalue weighted by Crippen LogP contribution is -2.34. The largest absolute Gasteiger partial charge is 0.418 e. The number of amides is 1. The molecule has 0 spiro atoms. The number of carbonyl (C=O) groups excluding carboxylic acids is 1. The second kappa shape index (κ2) is 7.17. The van der Waals surface area contributed by atoms with Gasteiger partial charge in [-0.1, -0.05) is 36.4 Å². The molecule has 9 heteroatoms. The molecule has 0 aliphatic carbocycles. The summed E-state index contributed by atoms with van der Waals surface area (Å²) in [5.74, 6) is -0.712. The Labute approximate surface area is 170 Å². The molecule has 0 radical (unpaired) electrons. The quantitative estimate of drug-likeness (QED) is 0.656. The van der Waals surface area contributed by atoms with E-state index < -0.39 is 27.5 Å². The summed E-state index contributed by atoms with van der Waals surface area (Å²) < 4.78 is 65.5. The summed E-state index contributed by atoms with van der Waals surface area (Å²) in [6.07, 6.45) is -4.62. The second-order valence-corrected chi connectivity index (χ2v) is 8.50. The number of carbonyl (C=O) groups is 1. The topological polar surface area (TPSA) is 66.5 Å². The van der Waals surface area contributed by atoms with E-state index in [2.05, 4.69) is 5.32 Å². The molecule has 0 saturated heterocycles. The zero-order chi connectivity index (χ0) is 21.5. The van der Waals surface area contributed by atoms with Gasteiger partial charge in [0.25, 0.3) is 0 Å². The summed E-state index contributed by atoms with van der Waals surface area (Å²) >= 11 is 0. The molecule has 30 heavy (non-hydrogen) atoms. The number of nitrogens with one attached hydrogen (secondary N) is 1. The first-order valence-corrected chi connectivity index (χ1v) is 10.3. The molecule has 5 nitrogen and oxygen atoms in total. The Morgan fingerprint density at radius 2 is 1.33 bits per heavy atom. The van der Waals surface area contributed by atoms with Crippen LogP contribution in [0.3, 0.4) is 0 Å². The van der Waals surface area contributed by atoms with Crippen molar-refractivity contribution in [1.82, 2.24) is 0 Å². The van der Waals surface area contributed by atoms with Crippen LogP contribution in [0.1, 0.15) is 5.56 Å². The van der Waals surface area contributed by atoms with Gasteiger partial charge >= 0.3 is 6.18 Å². The zero-order valence-electron chi connectivity index (χ0n) is 15.3. The number of benzene rings is 3. The number of para-hydroxylation sites is 3. The number of alkyl halides is 3. The molecule has 1 amide bonds. The third kappa shape index (κ3) is 3.41. The van der Waals surface area contributed by atoms with Crippen LogP contribution in [0.2, 0.25) is 0 Å². The van der Waals surface area contributed by atoms with E-state index in [0.29, 0.717) is 0 Å². The van der Waals surface area contributed by atoms with Gasteiger partial charge in [0, 0.05) is 0 Å². The maximum absolute atomic E-state index is 13.2. The minimum absolute atomic E-state index is 0.0344. The predicted octanol–water partition coefficient (Wildman–Crippen LogP) is 4.63. The first kappa shape index (κ1) is 20.0. The summed E-state index contributed by atoms with van der Waals surface area (Å²) in [5, 5.41) is 2.30.